The molecule has 0 atom stereocenters. The molecular weight excluding hydrogens is 268 g/mol. The molecule has 1 rings (SSSR count). The van der Waals surface area contributed by atoms with Crippen molar-refractivity contribution in [2.45, 2.75) is 12.4 Å². The summed E-state index contributed by atoms with van der Waals surface area (Å²) in [5.41, 5.74) is 3.40. The van der Waals surface area contributed by atoms with Gasteiger partial charge in [-0.25, -0.2) is 4.98 Å². The lowest BCUT2D eigenvalue weighted by Gasteiger charge is -2.16. The van der Waals surface area contributed by atoms with Crippen LogP contribution in [-0.4, -0.2) is 10.9 Å². The number of amides is 1. The third-order valence-corrected chi connectivity index (χ3v) is 1.86. The molecule has 4 N–H and O–H groups in total. The maximum absolute atomic E-state index is 12.4. The van der Waals surface area contributed by atoms with Crippen LogP contribution in [0, 0.1) is 0 Å². The average Bonchev–Trinajstić information content (AvgIpc) is 2.13. The van der Waals surface area contributed by atoms with Gasteiger partial charge in [0.25, 0.3) is 5.91 Å². The van der Waals surface area contributed by atoms with Crippen LogP contribution in [0.3, 0.4) is 0 Å². The number of nitrogen functional groups attached to an aromatic ring is 1. The number of anilines is 1. The Labute approximate surface area is 95.6 Å². The fourth-order valence-electron chi connectivity index (χ4n) is 1.16. The highest BCUT2D eigenvalue weighted by atomic mass is 19.4. The van der Waals surface area contributed by atoms with Crippen LogP contribution < -0.4 is 11.5 Å². The van der Waals surface area contributed by atoms with Gasteiger partial charge in [0.05, 0.1) is 11.3 Å². The van der Waals surface area contributed by atoms with Crippen molar-refractivity contribution < 1.29 is 31.1 Å². The first kappa shape index (κ1) is 14.1. The minimum Gasteiger partial charge on any atom is -0.397 e. The molecule has 0 saturated carbocycles. The van der Waals surface area contributed by atoms with Crippen molar-refractivity contribution in [2.75, 3.05) is 5.73 Å². The molecule has 0 radical (unpaired) electrons. The quantitative estimate of drug-likeness (QED) is 0.765. The van der Waals surface area contributed by atoms with E-state index in [1.165, 1.54) is 0 Å². The van der Waals surface area contributed by atoms with Gasteiger partial charge < -0.3 is 11.5 Å². The minimum absolute atomic E-state index is 0.0179. The van der Waals surface area contributed by atoms with Crippen molar-refractivity contribution in [3.63, 3.8) is 0 Å². The highest BCUT2D eigenvalue weighted by Crippen LogP contribution is 2.40. The van der Waals surface area contributed by atoms with Gasteiger partial charge in [-0.1, -0.05) is 0 Å². The van der Waals surface area contributed by atoms with Crippen molar-refractivity contribution in [3.8, 4) is 0 Å². The first-order valence-electron chi connectivity index (χ1n) is 4.19. The van der Waals surface area contributed by atoms with E-state index in [2.05, 4.69) is 10.7 Å². The van der Waals surface area contributed by atoms with Gasteiger partial charge in [0.15, 0.2) is 11.4 Å². The number of rotatable bonds is 1. The Hall–Kier alpha value is -2.00. The summed E-state index contributed by atoms with van der Waals surface area (Å²) >= 11 is 0. The summed E-state index contributed by atoms with van der Waals surface area (Å²) < 4.78 is 74.3. The molecule has 0 aliphatic heterocycles. The molecule has 0 aliphatic rings. The monoisotopic (exact) mass is 273 g/mol. The number of pyridine rings is 1. The zero-order valence-corrected chi connectivity index (χ0v) is 8.36. The van der Waals surface area contributed by atoms with E-state index in [0.29, 0.717) is 0 Å². The molecule has 0 fully saturated rings. The zero-order valence-electron chi connectivity index (χ0n) is 8.36. The van der Waals surface area contributed by atoms with E-state index in [1.54, 1.807) is 0 Å². The number of carbonyl (C=O) groups excluding carboxylic acids is 1. The highest BCUT2D eigenvalue weighted by Gasteiger charge is 2.45. The largest absolute Gasteiger partial charge is 0.433 e. The van der Waals surface area contributed by atoms with Gasteiger partial charge in [-0.2, -0.15) is 26.3 Å². The number of aromatic nitrogens is 1. The van der Waals surface area contributed by atoms with E-state index < -0.39 is 40.9 Å². The van der Waals surface area contributed by atoms with Gasteiger partial charge >= 0.3 is 12.4 Å². The number of halogens is 6. The number of hydrogen-bond acceptors (Lipinski definition) is 3. The van der Waals surface area contributed by atoms with Crippen molar-refractivity contribution in [1.82, 2.24) is 4.98 Å². The molecule has 18 heavy (non-hydrogen) atoms. The number of nitrogens with zero attached hydrogens (tertiary/aromatic N) is 1. The molecule has 1 heterocycles. The van der Waals surface area contributed by atoms with Crippen molar-refractivity contribution in [2.24, 2.45) is 5.73 Å². The molecule has 1 amide bonds. The number of nitrogens with two attached hydrogens (primary N) is 2. The number of primary amides is 1. The topological polar surface area (TPSA) is 82.0 Å². The zero-order chi connectivity index (χ0) is 14.3. The fourth-order valence-corrected chi connectivity index (χ4v) is 1.16. The van der Waals surface area contributed by atoms with Crippen LogP contribution in [0.1, 0.15) is 21.7 Å². The minimum atomic E-state index is -5.39. The molecule has 0 unspecified atom stereocenters. The van der Waals surface area contributed by atoms with Gasteiger partial charge in [-0.15, -0.1) is 0 Å². The first-order chi connectivity index (χ1) is 7.94. The summed E-state index contributed by atoms with van der Waals surface area (Å²) in [5, 5.41) is 0. The predicted molar refractivity (Wildman–Crippen MR) is 47.2 cm³/mol. The van der Waals surface area contributed by atoms with E-state index in [-0.39, 0.29) is 6.07 Å². The van der Waals surface area contributed by atoms with E-state index in [1.807, 2.05) is 0 Å². The Kier molecular flexibility index (Phi) is 3.15. The van der Waals surface area contributed by atoms with Gasteiger partial charge in [0.1, 0.15) is 0 Å². The summed E-state index contributed by atoms with van der Waals surface area (Å²) in [4.78, 5) is 13.3. The van der Waals surface area contributed by atoms with Crippen LogP contribution in [0.4, 0.5) is 32.0 Å². The molecule has 0 spiro atoms. The summed E-state index contributed by atoms with van der Waals surface area (Å²) in [7, 11) is 0. The Morgan fingerprint density at radius 1 is 1.11 bits per heavy atom. The maximum atomic E-state index is 12.4. The van der Waals surface area contributed by atoms with Crippen LogP contribution in [-0.2, 0) is 12.4 Å². The molecule has 0 saturated heterocycles. The second-order valence-corrected chi connectivity index (χ2v) is 3.18. The SMILES string of the molecule is NC(=O)c1nc(C(F)(F)F)c(C(F)(F)F)cc1N. The Balaban J connectivity index is 3.64. The lowest BCUT2D eigenvalue weighted by atomic mass is 10.1. The molecule has 10 heteroatoms. The lowest BCUT2D eigenvalue weighted by Crippen LogP contribution is -2.24. The Bertz CT molecular complexity index is 493. The second kappa shape index (κ2) is 4.03. The molecule has 0 aliphatic carbocycles. The van der Waals surface area contributed by atoms with Gasteiger partial charge in [0.2, 0.25) is 0 Å². The Morgan fingerprint density at radius 3 is 1.94 bits per heavy atom. The van der Waals surface area contributed by atoms with Gasteiger partial charge in [-0.05, 0) is 6.07 Å². The van der Waals surface area contributed by atoms with Crippen LogP contribution in [0.25, 0.3) is 0 Å². The number of carbonyl (C=O) groups is 1. The Morgan fingerprint density at radius 2 is 1.61 bits per heavy atom. The second-order valence-electron chi connectivity index (χ2n) is 3.18. The van der Waals surface area contributed by atoms with E-state index in [0.717, 1.165) is 0 Å². The summed E-state index contributed by atoms with van der Waals surface area (Å²) in [6, 6.07) is -0.0179. The normalized spacial score (nSPS) is 12.6. The van der Waals surface area contributed by atoms with E-state index >= 15 is 0 Å². The molecule has 0 aromatic carbocycles. The smallest absolute Gasteiger partial charge is 0.397 e. The van der Waals surface area contributed by atoms with Crippen LogP contribution in [0.15, 0.2) is 6.07 Å². The number of hydrogen-bond donors (Lipinski definition) is 2. The predicted octanol–water partition coefficient (Wildman–Crippen LogP) is 1.80. The van der Waals surface area contributed by atoms with Crippen molar-refractivity contribution in [3.05, 3.63) is 23.0 Å². The maximum Gasteiger partial charge on any atom is 0.433 e. The summed E-state index contributed by atoms with van der Waals surface area (Å²) in [6.45, 7) is 0. The molecule has 4 nitrogen and oxygen atoms in total. The van der Waals surface area contributed by atoms with Crippen molar-refractivity contribution >= 4 is 11.6 Å². The van der Waals surface area contributed by atoms with E-state index in [9.17, 15) is 31.1 Å². The van der Waals surface area contributed by atoms with Crippen LogP contribution in [0.5, 0.6) is 0 Å². The lowest BCUT2D eigenvalue weighted by molar-refractivity contribution is -0.164. The molecule has 1 aromatic rings. The third kappa shape index (κ3) is 2.63. The third-order valence-electron chi connectivity index (χ3n) is 1.86. The van der Waals surface area contributed by atoms with Gasteiger partial charge in [-0.3, -0.25) is 4.79 Å². The molecule has 1 aromatic heterocycles. The first-order valence-corrected chi connectivity index (χ1v) is 4.19. The highest BCUT2D eigenvalue weighted by molar-refractivity contribution is 5.96. The molecule has 0 bridgehead atoms. The van der Waals surface area contributed by atoms with Crippen molar-refractivity contribution in [1.29, 1.82) is 0 Å². The van der Waals surface area contributed by atoms with Crippen LogP contribution >= 0.6 is 0 Å². The molecular formula is C8H5F6N3O. The molecule has 100 valence electrons. The fraction of sp³-hybridized carbons (Fsp3) is 0.250. The van der Waals surface area contributed by atoms with E-state index in [4.69, 9.17) is 5.73 Å². The van der Waals surface area contributed by atoms with Gasteiger partial charge in [0, 0.05) is 0 Å². The standard InChI is InChI=1S/C8H5F6N3O/c9-7(10,11)2-1-3(15)4(6(16)18)17-5(2)8(12,13)14/h1H,15H2,(H2,16,18). The summed E-state index contributed by atoms with van der Waals surface area (Å²) in [5.74, 6) is -1.45. The number of alkyl halides is 6. The average molecular weight is 273 g/mol. The summed E-state index contributed by atoms with van der Waals surface area (Å²) in [6.07, 6.45) is -10.7. The van der Waals surface area contributed by atoms with Crippen LogP contribution in [0.2, 0.25) is 0 Å².